The second kappa shape index (κ2) is 8.79. The SMILES string of the molecule is C=C(Cl)/C=C(\C)C(=O)/C(C)=C/NC(=C)/C=C(\C(=C)Cl)C(F)(F)F. The summed E-state index contributed by atoms with van der Waals surface area (Å²) in [5.41, 5.74) is -0.630. The summed E-state index contributed by atoms with van der Waals surface area (Å²) in [5.74, 6) is -0.339. The Morgan fingerprint density at radius 2 is 1.57 bits per heavy atom. The van der Waals surface area contributed by atoms with E-state index in [-0.39, 0.29) is 22.1 Å². The van der Waals surface area contributed by atoms with Crippen LogP contribution in [0.4, 0.5) is 13.2 Å². The lowest BCUT2D eigenvalue weighted by Gasteiger charge is -2.11. The van der Waals surface area contributed by atoms with Crippen molar-refractivity contribution in [2.45, 2.75) is 20.0 Å². The van der Waals surface area contributed by atoms with E-state index in [4.69, 9.17) is 23.2 Å². The molecule has 0 heterocycles. The molecule has 0 spiro atoms. The molecule has 0 saturated carbocycles. The van der Waals surface area contributed by atoms with Crippen LogP contribution in [-0.2, 0) is 4.79 Å². The van der Waals surface area contributed by atoms with Gasteiger partial charge in [0.05, 0.1) is 5.57 Å². The van der Waals surface area contributed by atoms with Gasteiger partial charge in [0.25, 0.3) is 0 Å². The van der Waals surface area contributed by atoms with E-state index < -0.39 is 16.8 Å². The molecule has 2 nitrogen and oxygen atoms in total. The first-order chi connectivity index (χ1) is 10.4. The van der Waals surface area contributed by atoms with Crippen LogP contribution in [0.25, 0.3) is 0 Å². The van der Waals surface area contributed by atoms with E-state index in [9.17, 15) is 18.0 Å². The maximum absolute atomic E-state index is 12.7. The predicted molar refractivity (Wildman–Crippen MR) is 88.9 cm³/mol. The molecule has 0 fully saturated rings. The lowest BCUT2D eigenvalue weighted by atomic mass is 10.1. The molecule has 0 rings (SSSR count). The van der Waals surface area contributed by atoms with Crippen molar-refractivity contribution in [2.24, 2.45) is 0 Å². The van der Waals surface area contributed by atoms with Gasteiger partial charge in [0.15, 0.2) is 5.78 Å². The van der Waals surface area contributed by atoms with Gasteiger partial charge in [0.1, 0.15) is 0 Å². The van der Waals surface area contributed by atoms with Crippen molar-refractivity contribution in [3.05, 3.63) is 70.6 Å². The summed E-state index contributed by atoms with van der Waals surface area (Å²) in [6.07, 6.45) is -1.33. The van der Waals surface area contributed by atoms with Crippen LogP contribution in [0.3, 0.4) is 0 Å². The lowest BCUT2D eigenvalue weighted by molar-refractivity contribution is -0.112. The summed E-state index contributed by atoms with van der Waals surface area (Å²) >= 11 is 10.9. The first-order valence-corrected chi connectivity index (χ1v) is 6.95. The van der Waals surface area contributed by atoms with E-state index in [1.165, 1.54) is 19.2 Å². The number of carbonyl (C=O) groups is 1. The van der Waals surface area contributed by atoms with Crippen LogP contribution in [-0.4, -0.2) is 12.0 Å². The second-order valence-electron chi connectivity index (χ2n) is 4.56. The van der Waals surface area contributed by atoms with Crippen LogP contribution in [0, 0.1) is 0 Å². The maximum Gasteiger partial charge on any atom is 0.417 e. The number of Topliss-reactive ketones (excluding diaryl/α,β-unsaturated/α-hetero) is 1. The number of carbonyl (C=O) groups excluding carboxylic acids is 1. The highest BCUT2D eigenvalue weighted by molar-refractivity contribution is 6.32. The van der Waals surface area contributed by atoms with Crippen LogP contribution in [0.5, 0.6) is 0 Å². The van der Waals surface area contributed by atoms with E-state index in [0.29, 0.717) is 11.6 Å². The third-order valence-corrected chi connectivity index (χ3v) is 2.79. The van der Waals surface area contributed by atoms with Crippen molar-refractivity contribution in [1.29, 1.82) is 0 Å². The molecule has 126 valence electrons. The molecule has 1 N–H and O–H groups in total. The van der Waals surface area contributed by atoms with Gasteiger partial charge in [-0.2, -0.15) is 13.2 Å². The molecule has 0 aromatic rings. The summed E-state index contributed by atoms with van der Waals surface area (Å²) in [6.45, 7) is 13.0. The van der Waals surface area contributed by atoms with Crippen molar-refractivity contribution in [2.75, 3.05) is 0 Å². The highest BCUT2D eigenvalue weighted by Gasteiger charge is 2.34. The largest absolute Gasteiger partial charge is 0.417 e. The number of hydrogen-bond donors (Lipinski definition) is 1. The van der Waals surface area contributed by atoms with E-state index in [0.717, 1.165) is 0 Å². The predicted octanol–water partition coefficient (Wildman–Crippen LogP) is 5.50. The minimum atomic E-state index is -4.65. The Morgan fingerprint density at radius 1 is 1.04 bits per heavy atom. The van der Waals surface area contributed by atoms with Gasteiger partial charge < -0.3 is 5.32 Å². The zero-order valence-corrected chi connectivity index (χ0v) is 14.2. The van der Waals surface area contributed by atoms with Crippen molar-refractivity contribution >= 4 is 29.0 Å². The topological polar surface area (TPSA) is 29.1 Å². The van der Waals surface area contributed by atoms with Crippen LogP contribution in [0.15, 0.2) is 70.6 Å². The van der Waals surface area contributed by atoms with E-state index in [1.54, 1.807) is 6.92 Å². The van der Waals surface area contributed by atoms with E-state index in [1.807, 2.05) is 0 Å². The molecule has 0 radical (unpaired) electrons. The molecule has 0 aromatic heterocycles. The summed E-state index contributed by atoms with van der Waals surface area (Å²) < 4.78 is 38.1. The second-order valence-corrected chi connectivity index (χ2v) is 5.50. The molecular weight excluding hydrogens is 350 g/mol. The molecule has 0 aromatic carbocycles. The molecule has 0 amide bonds. The van der Waals surface area contributed by atoms with Gasteiger partial charge in [0, 0.05) is 27.5 Å². The highest BCUT2D eigenvalue weighted by atomic mass is 35.5. The smallest absolute Gasteiger partial charge is 0.362 e. The fraction of sp³-hybridized carbons (Fsp3) is 0.188. The lowest BCUT2D eigenvalue weighted by Crippen LogP contribution is -2.14. The average molecular weight is 366 g/mol. The van der Waals surface area contributed by atoms with Crippen LogP contribution in [0.1, 0.15) is 13.8 Å². The summed E-state index contributed by atoms with van der Waals surface area (Å²) in [6, 6.07) is 0. The third kappa shape index (κ3) is 7.90. The van der Waals surface area contributed by atoms with Gasteiger partial charge in [0.2, 0.25) is 0 Å². The number of hydrogen-bond acceptors (Lipinski definition) is 2. The average Bonchev–Trinajstić information content (AvgIpc) is 2.38. The molecule has 7 heteroatoms. The first-order valence-electron chi connectivity index (χ1n) is 6.19. The normalized spacial score (nSPS) is 13.6. The zero-order chi connectivity index (χ0) is 18.4. The Labute approximate surface area is 143 Å². The Bertz CT molecular complexity index is 626. The van der Waals surface area contributed by atoms with E-state index >= 15 is 0 Å². The minimum absolute atomic E-state index is 0.102. The summed E-state index contributed by atoms with van der Waals surface area (Å²) in [4.78, 5) is 11.9. The Balaban J connectivity index is 5.16. The number of ketones is 1. The van der Waals surface area contributed by atoms with Crippen LogP contribution in [0.2, 0.25) is 0 Å². The molecule has 0 aliphatic carbocycles. The Kier molecular flexibility index (Phi) is 8.14. The van der Waals surface area contributed by atoms with Gasteiger partial charge in [-0.1, -0.05) is 42.9 Å². The van der Waals surface area contributed by atoms with Crippen molar-refractivity contribution in [1.82, 2.24) is 5.32 Å². The molecule has 0 aliphatic rings. The number of halogens is 5. The first kappa shape index (κ1) is 21.3. The maximum atomic E-state index is 12.7. The standard InChI is InChI=1S/C16H16Cl2F3NO/c1-9(6-11(3)17)15(23)10(2)8-22-12(4)7-14(13(5)18)16(19,20)21/h6-8,22H,3-5H2,1-2H3/b9-6+,10-8+,14-7+. The fourth-order valence-corrected chi connectivity index (χ4v) is 1.73. The number of nitrogens with one attached hydrogen (secondary N) is 1. The molecule has 0 saturated heterocycles. The number of alkyl halides is 3. The summed E-state index contributed by atoms with van der Waals surface area (Å²) in [7, 11) is 0. The van der Waals surface area contributed by atoms with Crippen molar-refractivity contribution in [3.63, 3.8) is 0 Å². The van der Waals surface area contributed by atoms with Gasteiger partial charge in [-0.05, 0) is 31.6 Å². The minimum Gasteiger partial charge on any atom is -0.362 e. The van der Waals surface area contributed by atoms with Gasteiger partial charge in [-0.15, -0.1) is 0 Å². The monoisotopic (exact) mass is 365 g/mol. The number of allylic oxidation sites excluding steroid dienone is 7. The third-order valence-electron chi connectivity index (χ3n) is 2.48. The Morgan fingerprint density at radius 3 is 1.96 bits per heavy atom. The molecule has 23 heavy (non-hydrogen) atoms. The van der Waals surface area contributed by atoms with E-state index in [2.05, 4.69) is 25.1 Å². The fourth-order valence-electron chi connectivity index (χ4n) is 1.41. The molecular formula is C16H16Cl2F3NO. The summed E-state index contributed by atoms with van der Waals surface area (Å²) in [5, 5.41) is 2.03. The van der Waals surface area contributed by atoms with Crippen molar-refractivity contribution in [3.8, 4) is 0 Å². The number of rotatable bonds is 7. The quantitative estimate of drug-likeness (QED) is 0.476. The highest BCUT2D eigenvalue weighted by Crippen LogP contribution is 2.32. The van der Waals surface area contributed by atoms with Crippen LogP contribution >= 0.6 is 23.2 Å². The zero-order valence-electron chi connectivity index (χ0n) is 12.7. The van der Waals surface area contributed by atoms with Gasteiger partial charge in [-0.25, -0.2) is 0 Å². The van der Waals surface area contributed by atoms with Crippen LogP contribution < -0.4 is 5.32 Å². The molecule has 0 aliphatic heterocycles. The van der Waals surface area contributed by atoms with Crippen molar-refractivity contribution < 1.29 is 18.0 Å². The molecule has 0 unspecified atom stereocenters. The molecule has 0 bridgehead atoms. The molecule has 0 atom stereocenters. The van der Waals surface area contributed by atoms with Gasteiger partial charge >= 0.3 is 6.18 Å². The Hall–Kier alpha value is -1.72. The van der Waals surface area contributed by atoms with Gasteiger partial charge in [-0.3, -0.25) is 4.79 Å².